The van der Waals surface area contributed by atoms with Gasteiger partial charge >= 0.3 is 5.97 Å². The molecule has 2 heterocycles. The summed E-state index contributed by atoms with van der Waals surface area (Å²) in [5.41, 5.74) is 0.925. The molecule has 1 aliphatic rings. The Labute approximate surface area is 126 Å². The molecule has 1 amide bonds. The standard InChI is InChI=1S/C14H17NO3S2/c1-9-6-12(20-11(9)2-3-13(16)17)14(18)15-7-10-4-5-19-8-10/h2-3,6,10H,4-5,7-8H2,1H3,(H,15,18)(H,16,17)/b3-2+. The average molecular weight is 311 g/mol. The fourth-order valence-electron chi connectivity index (χ4n) is 1.99. The Kier molecular flexibility index (Phi) is 5.25. The number of rotatable bonds is 5. The van der Waals surface area contributed by atoms with Crippen molar-refractivity contribution in [3.63, 3.8) is 0 Å². The van der Waals surface area contributed by atoms with Crippen LogP contribution in [0.3, 0.4) is 0 Å². The fourth-order valence-corrected chi connectivity index (χ4v) is 4.27. The number of carboxylic acids is 1. The van der Waals surface area contributed by atoms with Gasteiger partial charge in [0.2, 0.25) is 0 Å². The van der Waals surface area contributed by atoms with Crippen LogP contribution < -0.4 is 5.32 Å². The van der Waals surface area contributed by atoms with Gasteiger partial charge in [-0.15, -0.1) is 11.3 Å². The molecule has 1 aliphatic heterocycles. The number of thiophene rings is 1. The van der Waals surface area contributed by atoms with E-state index in [0.717, 1.165) is 28.8 Å². The van der Waals surface area contributed by atoms with Gasteiger partial charge in [-0.25, -0.2) is 4.79 Å². The summed E-state index contributed by atoms with van der Waals surface area (Å²) in [5, 5.41) is 11.6. The minimum Gasteiger partial charge on any atom is -0.478 e. The first-order chi connectivity index (χ1) is 9.56. The number of carboxylic acid groups (broad SMARTS) is 1. The molecule has 1 saturated heterocycles. The van der Waals surface area contributed by atoms with Gasteiger partial charge in [0.15, 0.2) is 0 Å². The molecule has 1 aromatic rings. The summed E-state index contributed by atoms with van der Waals surface area (Å²) in [6.45, 7) is 2.60. The van der Waals surface area contributed by atoms with E-state index in [1.165, 1.54) is 29.6 Å². The predicted octanol–water partition coefficient (Wildman–Crippen LogP) is 2.64. The molecular weight excluding hydrogens is 294 g/mol. The highest BCUT2D eigenvalue weighted by molar-refractivity contribution is 7.99. The van der Waals surface area contributed by atoms with Gasteiger partial charge in [-0.2, -0.15) is 11.8 Å². The van der Waals surface area contributed by atoms with E-state index in [9.17, 15) is 9.59 Å². The summed E-state index contributed by atoms with van der Waals surface area (Å²) < 4.78 is 0. The van der Waals surface area contributed by atoms with E-state index in [2.05, 4.69) is 5.32 Å². The number of thioether (sulfide) groups is 1. The van der Waals surface area contributed by atoms with Crippen LogP contribution in [0.1, 0.15) is 26.5 Å². The van der Waals surface area contributed by atoms with E-state index >= 15 is 0 Å². The first-order valence-electron chi connectivity index (χ1n) is 6.43. The lowest BCUT2D eigenvalue weighted by Gasteiger charge is -2.08. The molecule has 0 spiro atoms. The zero-order valence-electron chi connectivity index (χ0n) is 11.2. The third-order valence-electron chi connectivity index (χ3n) is 3.13. The largest absolute Gasteiger partial charge is 0.478 e. The van der Waals surface area contributed by atoms with Crippen molar-refractivity contribution in [2.45, 2.75) is 13.3 Å². The molecular formula is C14H17NO3S2. The number of amides is 1. The van der Waals surface area contributed by atoms with Gasteiger partial charge in [0.25, 0.3) is 5.91 Å². The van der Waals surface area contributed by atoms with Crippen LogP contribution in [-0.2, 0) is 4.79 Å². The lowest BCUT2D eigenvalue weighted by atomic mass is 10.1. The Bertz CT molecular complexity index is 531. The summed E-state index contributed by atoms with van der Waals surface area (Å²) in [5.74, 6) is 1.84. The maximum atomic E-state index is 12.1. The van der Waals surface area contributed by atoms with Crippen LogP contribution in [0.25, 0.3) is 6.08 Å². The van der Waals surface area contributed by atoms with Gasteiger partial charge in [0, 0.05) is 17.5 Å². The van der Waals surface area contributed by atoms with E-state index in [0.29, 0.717) is 10.8 Å². The number of aryl methyl sites for hydroxylation is 1. The number of aliphatic carboxylic acids is 1. The highest BCUT2D eigenvalue weighted by Gasteiger charge is 2.17. The minimum absolute atomic E-state index is 0.0648. The summed E-state index contributed by atoms with van der Waals surface area (Å²) in [7, 11) is 0. The van der Waals surface area contributed by atoms with Crippen molar-refractivity contribution >= 4 is 41.1 Å². The summed E-state index contributed by atoms with van der Waals surface area (Å²) >= 11 is 3.26. The van der Waals surface area contributed by atoms with E-state index in [-0.39, 0.29) is 5.91 Å². The predicted molar refractivity (Wildman–Crippen MR) is 83.5 cm³/mol. The minimum atomic E-state index is -0.984. The van der Waals surface area contributed by atoms with Crippen LogP contribution >= 0.6 is 23.1 Å². The summed E-state index contributed by atoms with van der Waals surface area (Å²) in [4.78, 5) is 24.0. The van der Waals surface area contributed by atoms with E-state index < -0.39 is 5.97 Å². The molecule has 0 radical (unpaired) electrons. The number of nitrogens with one attached hydrogen (secondary N) is 1. The molecule has 108 valence electrons. The highest BCUT2D eigenvalue weighted by Crippen LogP contribution is 2.25. The van der Waals surface area contributed by atoms with Gasteiger partial charge in [-0.1, -0.05) is 0 Å². The van der Waals surface area contributed by atoms with Gasteiger partial charge in [-0.05, 0) is 48.5 Å². The summed E-state index contributed by atoms with van der Waals surface area (Å²) in [6, 6.07) is 1.81. The Balaban J connectivity index is 1.95. The SMILES string of the molecule is Cc1cc(C(=O)NCC2CCSC2)sc1/C=C/C(=O)O. The topological polar surface area (TPSA) is 66.4 Å². The molecule has 2 rings (SSSR count). The molecule has 0 bridgehead atoms. The zero-order chi connectivity index (χ0) is 14.5. The molecule has 2 N–H and O–H groups in total. The Morgan fingerprint density at radius 3 is 3.00 bits per heavy atom. The van der Waals surface area contributed by atoms with Crippen LogP contribution in [0, 0.1) is 12.8 Å². The molecule has 0 aromatic carbocycles. The number of carbonyl (C=O) groups excluding carboxylic acids is 1. The maximum absolute atomic E-state index is 12.1. The number of carbonyl (C=O) groups is 2. The number of hydrogen-bond donors (Lipinski definition) is 2. The average Bonchev–Trinajstić information content (AvgIpc) is 3.03. The fraction of sp³-hybridized carbons (Fsp3) is 0.429. The monoisotopic (exact) mass is 311 g/mol. The third kappa shape index (κ3) is 4.11. The second kappa shape index (κ2) is 6.95. The Morgan fingerprint density at radius 2 is 2.35 bits per heavy atom. The van der Waals surface area contributed by atoms with Crippen molar-refractivity contribution in [2.24, 2.45) is 5.92 Å². The molecule has 0 saturated carbocycles. The smallest absolute Gasteiger partial charge is 0.328 e. The third-order valence-corrected chi connectivity index (χ3v) is 5.57. The molecule has 6 heteroatoms. The molecule has 0 aliphatic carbocycles. The van der Waals surface area contributed by atoms with Crippen LogP contribution in [-0.4, -0.2) is 35.0 Å². The maximum Gasteiger partial charge on any atom is 0.328 e. The molecule has 20 heavy (non-hydrogen) atoms. The molecule has 1 unspecified atom stereocenters. The van der Waals surface area contributed by atoms with Crippen molar-refractivity contribution in [1.29, 1.82) is 0 Å². The van der Waals surface area contributed by atoms with Crippen molar-refractivity contribution < 1.29 is 14.7 Å². The normalized spacial score (nSPS) is 18.6. The van der Waals surface area contributed by atoms with Crippen molar-refractivity contribution in [3.8, 4) is 0 Å². The number of hydrogen-bond acceptors (Lipinski definition) is 4. The Morgan fingerprint density at radius 1 is 1.55 bits per heavy atom. The molecule has 4 nitrogen and oxygen atoms in total. The van der Waals surface area contributed by atoms with Crippen molar-refractivity contribution in [1.82, 2.24) is 5.32 Å². The van der Waals surface area contributed by atoms with E-state index in [1.54, 1.807) is 0 Å². The van der Waals surface area contributed by atoms with Crippen LogP contribution in [0.2, 0.25) is 0 Å². The first-order valence-corrected chi connectivity index (χ1v) is 8.40. The van der Waals surface area contributed by atoms with Crippen molar-refractivity contribution in [2.75, 3.05) is 18.1 Å². The summed E-state index contributed by atoms with van der Waals surface area (Å²) in [6.07, 6.45) is 3.80. The molecule has 1 aromatic heterocycles. The highest BCUT2D eigenvalue weighted by atomic mass is 32.2. The van der Waals surface area contributed by atoms with Crippen LogP contribution in [0.5, 0.6) is 0 Å². The van der Waals surface area contributed by atoms with Gasteiger partial charge in [-0.3, -0.25) is 4.79 Å². The lowest BCUT2D eigenvalue weighted by molar-refractivity contribution is -0.131. The van der Waals surface area contributed by atoms with Crippen LogP contribution in [0.4, 0.5) is 0 Å². The second-order valence-electron chi connectivity index (χ2n) is 4.77. The molecule has 1 fully saturated rings. The lowest BCUT2D eigenvalue weighted by Crippen LogP contribution is -2.28. The first kappa shape index (κ1) is 15.1. The Hall–Kier alpha value is -1.27. The van der Waals surface area contributed by atoms with E-state index in [4.69, 9.17) is 5.11 Å². The van der Waals surface area contributed by atoms with Gasteiger partial charge in [0.1, 0.15) is 0 Å². The second-order valence-corrected chi connectivity index (χ2v) is 7.00. The molecule has 1 atom stereocenters. The van der Waals surface area contributed by atoms with Crippen molar-refractivity contribution in [3.05, 3.63) is 27.5 Å². The van der Waals surface area contributed by atoms with Gasteiger partial charge in [0.05, 0.1) is 4.88 Å². The van der Waals surface area contributed by atoms with Crippen LogP contribution in [0.15, 0.2) is 12.1 Å². The quantitative estimate of drug-likeness (QED) is 0.820. The zero-order valence-corrected chi connectivity index (χ0v) is 12.9. The van der Waals surface area contributed by atoms with E-state index in [1.807, 2.05) is 24.8 Å². The van der Waals surface area contributed by atoms with Gasteiger partial charge < -0.3 is 10.4 Å².